The molecule has 0 heterocycles. The maximum absolute atomic E-state index is 5.91. The van der Waals surface area contributed by atoms with E-state index in [0.29, 0.717) is 13.2 Å². The lowest BCUT2D eigenvalue weighted by Gasteiger charge is -2.17. The Labute approximate surface area is 130 Å². The van der Waals surface area contributed by atoms with E-state index in [9.17, 15) is 0 Å². The third kappa shape index (κ3) is 4.14. The van der Waals surface area contributed by atoms with Gasteiger partial charge in [-0.15, -0.1) is 0 Å². The van der Waals surface area contributed by atoms with E-state index >= 15 is 0 Å². The lowest BCUT2D eigenvalue weighted by atomic mass is 10.1. The number of ether oxygens (including phenoxy) is 1. The number of rotatable bonds is 5. The second-order valence-corrected chi connectivity index (χ2v) is 5.95. The van der Waals surface area contributed by atoms with Crippen LogP contribution in [-0.4, -0.2) is 6.54 Å². The summed E-state index contributed by atoms with van der Waals surface area (Å²) < 4.78 is 8.02. The van der Waals surface area contributed by atoms with E-state index in [-0.39, 0.29) is 6.10 Å². The van der Waals surface area contributed by atoms with E-state index < -0.39 is 0 Å². The van der Waals surface area contributed by atoms with Gasteiger partial charge < -0.3 is 10.5 Å². The van der Waals surface area contributed by atoms with Crippen molar-refractivity contribution in [2.45, 2.75) is 12.7 Å². The average molecular weight is 385 g/mol. The number of hydrogen-bond acceptors (Lipinski definition) is 2. The fraction of sp³-hybridized carbons (Fsp3) is 0.200. The second kappa shape index (κ2) is 7.20. The first kappa shape index (κ1) is 14.7. The van der Waals surface area contributed by atoms with Crippen LogP contribution in [0.4, 0.5) is 0 Å². The molecule has 100 valence electrons. The van der Waals surface area contributed by atoms with Crippen molar-refractivity contribution in [1.29, 1.82) is 0 Å². The Morgan fingerprint density at radius 2 is 1.68 bits per heavy atom. The van der Waals surface area contributed by atoms with Crippen LogP contribution in [0.1, 0.15) is 17.2 Å². The van der Waals surface area contributed by atoms with E-state index in [1.807, 2.05) is 48.5 Å². The number of hydrogen-bond donors (Lipinski definition) is 1. The van der Waals surface area contributed by atoms with Gasteiger partial charge in [-0.05, 0) is 29.3 Å². The van der Waals surface area contributed by atoms with Crippen LogP contribution in [0.3, 0.4) is 0 Å². The molecule has 0 radical (unpaired) electrons. The second-order valence-electron chi connectivity index (χ2n) is 4.18. The monoisotopic (exact) mass is 383 g/mol. The van der Waals surface area contributed by atoms with E-state index in [1.165, 1.54) is 0 Å². The van der Waals surface area contributed by atoms with Crippen LogP contribution in [-0.2, 0) is 11.3 Å². The first-order valence-electron chi connectivity index (χ1n) is 6.01. The standard InChI is InChI=1S/C15H15Br2NO/c16-13-7-5-11(6-8-13)15(9-18)19-10-12-3-1-2-4-14(12)17/h1-8,15H,9-10,18H2. The van der Waals surface area contributed by atoms with Crippen molar-refractivity contribution >= 4 is 31.9 Å². The normalized spacial score (nSPS) is 12.4. The first-order chi connectivity index (χ1) is 9.20. The van der Waals surface area contributed by atoms with E-state index in [0.717, 1.165) is 20.1 Å². The highest BCUT2D eigenvalue weighted by Crippen LogP contribution is 2.23. The summed E-state index contributed by atoms with van der Waals surface area (Å²) in [6, 6.07) is 16.1. The number of halogens is 2. The van der Waals surface area contributed by atoms with Crippen molar-refractivity contribution < 1.29 is 4.74 Å². The smallest absolute Gasteiger partial charge is 0.0951 e. The topological polar surface area (TPSA) is 35.2 Å². The largest absolute Gasteiger partial charge is 0.367 e. The molecule has 0 aliphatic rings. The molecule has 0 fully saturated rings. The van der Waals surface area contributed by atoms with Crippen molar-refractivity contribution in [3.8, 4) is 0 Å². The molecular formula is C15H15Br2NO. The molecule has 1 unspecified atom stereocenters. The highest BCUT2D eigenvalue weighted by Gasteiger charge is 2.10. The van der Waals surface area contributed by atoms with Gasteiger partial charge in [0.15, 0.2) is 0 Å². The first-order valence-corrected chi connectivity index (χ1v) is 7.60. The lowest BCUT2D eigenvalue weighted by Crippen LogP contribution is -2.15. The van der Waals surface area contributed by atoms with Crippen molar-refractivity contribution in [3.63, 3.8) is 0 Å². The van der Waals surface area contributed by atoms with E-state index in [2.05, 4.69) is 31.9 Å². The zero-order chi connectivity index (χ0) is 13.7. The molecule has 2 rings (SSSR count). The molecule has 2 aromatic rings. The highest BCUT2D eigenvalue weighted by atomic mass is 79.9. The molecule has 0 amide bonds. The van der Waals surface area contributed by atoms with Gasteiger partial charge in [-0.2, -0.15) is 0 Å². The zero-order valence-electron chi connectivity index (χ0n) is 10.4. The maximum atomic E-state index is 5.91. The van der Waals surface area contributed by atoms with Crippen LogP contribution >= 0.6 is 31.9 Å². The van der Waals surface area contributed by atoms with Crippen molar-refractivity contribution in [2.75, 3.05) is 6.54 Å². The van der Waals surface area contributed by atoms with Gasteiger partial charge in [-0.25, -0.2) is 0 Å². The SMILES string of the molecule is NCC(OCc1ccccc1Br)c1ccc(Br)cc1. The predicted molar refractivity (Wildman–Crippen MR) is 84.9 cm³/mol. The molecule has 2 nitrogen and oxygen atoms in total. The highest BCUT2D eigenvalue weighted by molar-refractivity contribution is 9.10. The lowest BCUT2D eigenvalue weighted by molar-refractivity contribution is 0.0453. The van der Waals surface area contributed by atoms with E-state index in [4.69, 9.17) is 10.5 Å². The maximum Gasteiger partial charge on any atom is 0.0951 e. The Morgan fingerprint density at radius 3 is 2.32 bits per heavy atom. The quantitative estimate of drug-likeness (QED) is 0.827. The minimum absolute atomic E-state index is 0.0831. The summed E-state index contributed by atoms with van der Waals surface area (Å²) in [5.74, 6) is 0. The molecule has 0 aliphatic heterocycles. The van der Waals surface area contributed by atoms with Gasteiger partial charge in [0.05, 0.1) is 12.7 Å². The van der Waals surface area contributed by atoms with E-state index in [1.54, 1.807) is 0 Å². The van der Waals surface area contributed by atoms with Gasteiger partial charge in [0.1, 0.15) is 0 Å². The molecule has 0 spiro atoms. The molecule has 0 saturated heterocycles. The van der Waals surface area contributed by atoms with Gasteiger partial charge >= 0.3 is 0 Å². The summed E-state index contributed by atoms with van der Waals surface area (Å²) in [5, 5.41) is 0. The fourth-order valence-corrected chi connectivity index (χ4v) is 2.45. The summed E-state index contributed by atoms with van der Waals surface area (Å²) >= 11 is 6.94. The van der Waals surface area contributed by atoms with Gasteiger partial charge in [-0.1, -0.05) is 62.2 Å². The molecule has 0 saturated carbocycles. The number of nitrogens with two attached hydrogens (primary N) is 1. The van der Waals surface area contributed by atoms with Crippen LogP contribution in [0, 0.1) is 0 Å². The third-order valence-corrected chi connectivity index (χ3v) is 4.16. The zero-order valence-corrected chi connectivity index (χ0v) is 13.5. The summed E-state index contributed by atoms with van der Waals surface area (Å²) in [6.07, 6.45) is -0.0831. The summed E-state index contributed by atoms with van der Waals surface area (Å²) in [7, 11) is 0. The molecule has 0 bridgehead atoms. The molecule has 2 aromatic carbocycles. The van der Waals surface area contributed by atoms with Crippen LogP contribution in [0.15, 0.2) is 57.5 Å². The van der Waals surface area contributed by atoms with Gasteiger partial charge in [-0.3, -0.25) is 0 Å². The minimum atomic E-state index is -0.0831. The van der Waals surface area contributed by atoms with Crippen LogP contribution < -0.4 is 5.73 Å². The molecule has 2 N–H and O–H groups in total. The molecule has 0 aromatic heterocycles. The van der Waals surface area contributed by atoms with Gasteiger partial charge in [0.25, 0.3) is 0 Å². The Bertz CT molecular complexity index is 528. The van der Waals surface area contributed by atoms with Gasteiger partial charge in [0.2, 0.25) is 0 Å². The van der Waals surface area contributed by atoms with Crippen molar-refractivity contribution in [1.82, 2.24) is 0 Å². The van der Waals surface area contributed by atoms with Crippen LogP contribution in [0.25, 0.3) is 0 Å². The summed E-state index contributed by atoms with van der Waals surface area (Å²) in [4.78, 5) is 0. The van der Waals surface area contributed by atoms with Crippen LogP contribution in [0.2, 0.25) is 0 Å². The van der Waals surface area contributed by atoms with Gasteiger partial charge in [0, 0.05) is 15.5 Å². The van der Waals surface area contributed by atoms with Crippen molar-refractivity contribution in [3.05, 3.63) is 68.6 Å². The third-order valence-electron chi connectivity index (χ3n) is 2.85. The number of benzene rings is 2. The minimum Gasteiger partial charge on any atom is -0.367 e. The Morgan fingerprint density at radius 1 is 1.00 bits per heavy atom. The molecule has 1 atom stereocenters. The molecule has 4 heteroatoms. The fourth-order valence-electron chi connectivity index (χ4n) is 1.78. The van der Waals surface area contributed by atoms with Crippen LogP contribution in [0.5, 0.6) is 0 Å². The van der Waals surface area contributed by atoms with Crippen molar-refractivity contribution in [2.24, 2.45) is 5.73 Å². The predicted octanol–water partition coefficient (Wildman–Crippen LogP) is 4.43. The molecule has 0 aliphatic carbocycles. The molecular weight excluding hydrogens is 370 g/mol. The summed E-state index contributed by atoms with van der Waals surface area (Å²) in [6.45, 7) is 1.01. The summed E-state index contributed by atoms with van der Waals surface area (Å²) in [5.41, 5.74) is 8.01. The Kier molecular flexibility index (Phi) is 5.58. The Balaban J connectivity index is 2.04. The average Bonchev–Trinajstić information content (AvgIpc) is 2.43. The molecule has 19 heavy (non-hydrogen) atoms. The Hall–Kier alpha value is -0.680.